The lowest BCUT2D eigenvalue weighted by atomic mass is 9.94. The van der Waals surface area contributed by atoms with Crippen LogP contribution in [0.25, 0.3) is 0 Å². The molecule has 1 heterocycles. The van der Waals surface area contributed by atoms with Crippen LogP contribution in [0, 0.1) is 5.92 Å². The van der Waals surface area contributed by atoms with Crippen molar-refractivity contribution < 1.29 is 9.84 Å². The molecule has 0 spiro atoms. The molecule has 2 rings (SSSR count). The van der Waals surface area contributed by atoms with Crippen molar-refractivity contribution in [3.63, 3.8) is 0 Å². The summed E-state index contributed by atoms with van der Waals surface area (Å²) in [5, 5.41) is 9.52. The van der Waals surface area contributed by atoms with E-state index in [9.17, 15) is 5.11 Å². The maximum absolute atomic E-state index is 9.52. The van der Waals surface area contributed by atoms with Gasteiger partial charge in [-0.25, -0.2) is 0 Å². The first-order valence-corrected chi connectivity index (χ1v) is 4.67. The maximum atomic E-state index is 9.52. The van der Waals surface area contributed by atoms with Crippen LogP contribution in [-0.4, -0.2) is 23.9 Å². The van der Waals surface area contributed by atoms with Crippen molar-refractivity contribution in [1.29, 1.82) is 0 Å². The Morgan fingerprint density at radius 2 is 1.91 bits per heavy atom. The second kappa shape index (κ2) is 3.11. The van der Waals surface area contributed by atoms with Crippen LogP contribution in [0.5, 0.6) is 0 Å². The van der Waals surface area contributed by atoms with Crippen LogP contribution in [-0.2, 0) is 4.74 Å². The van der Waals surface area contributed by atoms with E-state index in [1.807, 2.05) is 0 Å². The largest absolute Gasteiger partial charge is 0.390 e. The molecule has 2 aliphatic rings. The summed E-state index contributed by atoms with van der Waals surface area (Å²) in [5.41, 5.74) is 0. The molecule has 0 aromatic carbocycles. The van der Waals surface area contributed by atoms with Gasteiger partial charge in [-0.15, -0.1) is 0 Å². The predicted octanol–water partition coefficient (Wildman–Crippen LogP) is 1.33. The Bertz CT molecular complexity index is 136. The van der Waals surface area contributed by atoms with E-state index in [4.69, 9.17) is 4.74 Å². The molecule has 0 radical (unpaired) electrons. The van der Waals surface area contributed by atoms with Crippen LogP contribution in [0.2, 0.25) is 0 Å². The molecule has 1 saturated carbocycles. The number of aliphatic hydroxyl groups excluding tert-OH is 1. The average molecular weight is 156 g/mol. The summed E-state index contributed by atoms with van der Waals surface area (Å²) in [4.78, 5) is 0. The highest BCUT2D eigenvalue weighted by Crippen LogP contribution is 2.32. The monoisotopic (exact) mass is 156 g/mol. The molecule has 1 aliphatic carbocycles. The summed E-state index contributed by atoms with van der Waals surface area (Å²) in [5.74, 6) is 0.456. The highest BCUT2D eigenvalue weighted by Gasteiger charge is 2.36. The zero-order chi connectivity index (χ0) is 7.68. The molecule has 0 aromatic heterocycles. The summed E-state index contributed by atoms with van der Waals surface area (Å²) in [6.07, 6.45) is 6.44. The van der Waals surface area contributed by atoms with Crippen LogP contribution in [0.15, 0.2) is 0 Å². The van der Waals surface area contributed by atoms with Crippen LogP contribution < -0.4 is 0 Å². The van der Waals surface area contributed by atoms with Gasteiger partial charge in [-0.3, -0.25) is 0 Å². The molecular weight excluding hydrogens is 140 g/mol. The standard InChI is InChI=1S/C9H16O2/c10-8-6-11-9-5-3-1-2-4-7(8)9/h7-10H,1-6H2/t7-,8?,9-/m1/s1. The molecule has 1 saturated heterocycles. The minimum Gasteiger partial charge on any atom is -0.390 e. The lowest BCUT2D eigenvalue weighted by Crippen LogP contribution is -2.22. The summed E-state index contributed by atoms with van der Waals surface area (Å²) >= 11 is 0. The molecule has 11 heavy (non-hydrogen) atoms. The van der Waals surface area contributed by atoms with Crippen LogP contribution >= 0.6 is 0 Å². The van der Waals surface area contributed by atoms with E-state index >= 15 is 0 Å². The quantitative estimate of drug-likeness (QED) is 0.573. The number of ether oxygens (including phenoxy) is 1. The molecule has 1 N–H and O–H groups in total. The van der Waals surface area contributed by atoms with E-state index in [2.05, 4.69) is 0 Å². The highest BCUT2D eigenvalue weighted by atomic mass is 16.5. The lowest BCUT2D eigenvalue weighted by Gasteiger charge is -2.15. The third-order valence-corrected chi connectivity index (χ3v) is 2.98. The second-order valence-corrected chi connectivity index (χ2v) is 3.74. The predicted molar refractivity (Wildman–Crippen MR) is 42.3 cm³/mol. The fourth-order valence-electron chi connectivity index (χ4n) is 2.30. The fraction of sp³-hybridized carbons (Fsp3) is 1.00. The lowest BCUT2D eigenvalue weighted by molar-refractivity contribution is 0.0806. The molecule has 1 unspecified atom stereocenters. The van der Waals surface area contributed by atoms with E-state index in [0.29, 0.717) is 18.6 Å². The third-order valence-electron chi connectivity index (χ3n) is 2.98. The van der Waals surface area contributed by atoms with Gasteiger partial charge in [0.2, 0.25) is 0 Å². The zero-order valence-corrected chi connectivity index (χ0v) is 6.83. The van der Waals surface area contributed by atoms with Gasteiger partial charge in [-0.1, -0.05) is 19.3 Å². The van der Waals surface area contributed by atoms with E-state index in [1.165, 1.54) is 32.1 Å². The van der Waals surface area contributed by atoms with Gasteiger partial charge >= 0.3 is 0 Å². The van der Waals surface area contributed by atoms with Crippen molar-refractivity contribution in [2.75, 3.05) is 6.61 Å². The number of aliphatic hydroxyl groups is 1. The molecule has 2 nitrogen and oxygen atoms in total. The van der Waals surface area contributed by atoms with Crippen LogP contribution in [0.3, 0.4) is 0 Å². The van der Waals surface area contributed by atoms with E-state index in [0.717, 1.165) is 0 Å². The first-order chi connectivity index (χ1) is 5.38. The number of rotatable bonds is 0. The van der Waals surface area contributed by atoms with Gasteiger partial charge in [-0.2, -0.15) is 0 Å². The van der Waals surface area contributed by atoms with Crippen LogP contribution in [0.4, 0.5) is 0 Å². The summed E-state index contributed by atoms with van der Waals surface area (Å²) in [6.45, 7) is 0.579. The highest BCUT2D eigenvalue weighted by molar-refractivity contribution is 4.85. The molecular formula is C9H16O2. The number of hydrogen-bond donors (Lipinski definition) is 1. The molecule has 0 bridgehead atoms. The zero-order valence-electron chi connectivity index (χ0n) is 6.83. The van der Waals surface area contributed by atoms with Gasteiger partial charge in [0.15, 0.2) is 0 Å². The molecule has 2 heteroatoms. The number of fused-ring (bicyclic) bond motifs is 1. The topological polar surface area (TPSA) is 29.5 Å². The van der Waals surface area contributed by atoms with Crippen molar-refractivity contribution in [1.82, 2.24) is 0 Å². The maximum Gasteiger partial charge on any atom is 0.0826 e. The number of hydrogen-bond acceptors (Lipinski definition) is 2. The van der Waals surface area contributed by atoms with Crippen molar-refractivity contribution in [3.8, 4) is 0 Å². The summed E-state index contributed by atoms with van der Waals surface area (Å²) in [7, 11) is 0. The van der Waals surface area contributed by atoms with Gasteiger partial charge in [0.1, 0.15) is 0 Å². The molecule has 1 aliphatic heterocycles. The molecule has 2 fully saturated rings. The molecule has 0 amide bonds. The van der Waals surface area contributed by atoms with Gasteiger partial charge < -0.3 is 9.84 Å². The second-order valence-electron chi connectivity index (χ2n) is 3.74. The average Bonchev–Trinajstić information content (AvgIpc) is 2.25. The minimum atomic E-state index is -0.168. The Hall–Kier alpha value is -0.0800. The Morgan fingerprint density at radius 3 is 2.82 bits per heavy atom. The minimum absolute atomic E-state index is 0.168. The Balaban J connectivity index is 2.00. The normalized spacial score (nSPS) is 45.0. The van der Waals surface area contributed by atoms with E-state index < -0.39 is 0 Å². The molecule has 64 valence electrons. The van der Waals surface area contributed by atoms with Crippen molar-refractivity contribution in [2.45, 2.75) is 44.3 Å². The Kier molecular flexibility index (Phi) is 2.14. The molecule has 0 aromatic rings. The Morgan fingerprint density at radius 1 is 1.09 bits per heavy atom. The van der Waals surface area contributed by atoms with Crippen LogP contribution in [0.1, 0.15) is 32.1 Å². The Labute approximate surface area is 67.6 Å². The SMILES string of the molecule is OC1CO[C@@H]2CCCCC[C@H]12. The smallest absolute Gasteiger partial charge is 0.0826 e. The van der Waals surface area contributed by atoms with Gasteiger partial charge in [-0.05, 0) is 12.8 Å². The summed E-state index contributed by atoms with van der Waals surface area (Å²) < 4.78 is 5.50. The van der Waals surface area contributed by atoms with E-state index in [-0.39, 0.29) is 6.10 Å². The first-order valence-electron chi connectivity index (χ1n) is 4.67. The first kappa shape index (κ1) is 7.56. The van der Waals surface area contributed by atoms with Gasteiger partial charge in [0, 0.05) is 5.92 Å². The third kappa shape index (κ3) is 1.42. The van der Waals surface area contributed by atoms with Gasteiger partial charge in [0.25, 0.3) is 0 Å². The van der Waals surface area contributed by atoms with E-state index in [1.54, 1.807) is 0 Å². The van der Waals surface area contributed by atoms with Crippen molar-refractivity contribution >= 4 is 0 Å². The van der Waals surface area contributed by atoms with Crippen molar-refractivity contribution in [2.24, 2.45) is 5.92 Å². The van der Waals surface area contributed by atoms with Gasteiger partial charge in [0.05, 0.1) is 18.8 Å². The molecule has 3 atom stereocenters. The van der Waals surface area contributed by atoms with Crippen molar-refractivity contribution in [3.05, 3.63) is 0 Å². The summed E-state index contributed by atoms with van der Waals surface area (Å²) in [6, 6.07) is 0. The fourth-order valence-corrected chi connectivity index (χ4v) is 2.30.